The van der Waals surface area contributed by atoms with Crippen molar-refractivity contribution < 1.29 is 19.7 Å². The number of hydrogen-bond donors (Lipinski definition) is 2. The molecule has 0 amide bonds. The number of benzene rings is 3. The minimum atomic E-state index is -0.617. The lowest BCUT2D eigenvalue weighted by Crippen LogP contribution is -2.07. The zero-order valence-electron chi connectivity index (χ0n) is 15.4. The molecular formula is C23H24O4. The summed E-state index contributed by atoms with van der Waals surface area (Å²) in [5, 5.41) is 21.9. The van der Waals surface area contributed by atoms with E-state index in [4.69, 9.17) is 4.74 Å². The molecule has 0 atom stereocenters. The minimum Gasteiger partial charge on any atom is -0.507 e. The fraction of sp³-hybridized carbons (Fsp3) is 0.261. The third kappa shape index (κ3) is 4.22. The quantitative estimate of drug-likeness (QED) is 0.323. The molecule has 3 aromatic carbocycles. The number of hydrogen-bond acceptors (Lipinski definition) is 4. The first-order valence-corrected chi connectivity index (χ1v) is 9.33. The zero-order valence-corrected chi connectivity index (χ0v) is 15.4. The molecule has 0 bridgehead atoms. The van der Waals surface area contributed by atoms with Gasteiger partial charge >= 0.3 is 5.97 Å². The molecule has 4 nitrogen and oxygen atoms in total. The average molecular weight is 364 g/mol. The Morgan fingerprint density at radius 3 is 2.41 bits per heavy atom. The van der Waals surface area contributed by atoms with E-state index in [9.17, 15) is 15.0 Å². The van der Waals surface area contributed by atoms with Crippen molar-refractivity contribution in [3.8, 4) is 22.6 Å². The van der Waals surface area contributed by atoms with Gasteiger partial charge in [0, 0.05) is 10.8 Å². The van der Waals surface area contributed by atoms with Crippen LogP contribution in [0, 0.1) is 0 Å². The fourth-order valence-electron chi connectivity index (χ4n) is 3.13. The summed E-state index contributed by atoms with van der Waals surface area (Å²) >= 11 is 0. The van der Waals surface area contributed by atoms with Crippen molar-refractivity contribution >= 4 is 16.7 Å². The largest absolute Gasteiger partial charge is 0.507 e. The topological polar surface area (TPSA) is 66.8 Å². The van der Waals surface area contributed by atoms with Crippen LogP contribution in [0.25, 0.3) is 21.9 Å². The van der Waals surface area contributed by atoms with Gasteiger partial charge in [0.2, 0.25) is 0 Å². The van der Waals surface area contributed by atoms with Crippen LogP contribution in [0.3, 0.4) is 0 Å². The highest BCUT2D eigenvalue weighted by Crippen LogP contribution is 2.38. The first kappa shape index (κ1) is 18.8. The monoisotopic (exact) mass is 364 g/mol. The molecule has 27 heavy (non-hydrogen) atoms. The second-order valence-corrected chi connectivity index (χ2v) is 6.61. The van der Waals surface area contributed by atoms with E-state index in [0.29, 0.717) is 17.4 Å². The Morgan fingerprint density at radius 1 is 0.889 bits per heavy atom. The van der Waals surface area contributed by atoms with E-state index in [2.05, 4.69) is 6.92 Å². The Balaban J connectivity index is 1.87. The summed E-state index contributed by atoms with van der Waals surface area (Å²) in [6.45, 7) is 2.43. The third-order valence-corrected chi connectivity index (χ3v) is 4.64. The van der Waals surface area contributed by atoms with Crippen molar-refractivity contribution in [3.63, 3.8) is 0 Å². The predicted octanol–water partition coefficient (Wildman–Crippen LogP) is 5.66. The lowest BCUT2D eigenvalue weighted by molar-refractivity contribution is 0.0494. The molecule has 4 heteroatoms. The molecule has 2 N–H and O–H groups in total. The van der Waals surface area contributed by atoms with Crippen molar-refractivity contribution in [2.45, 2.75) is 32.6 Å². The summed E-state index contributed by atoms with van der Waals surface area (Å²) in [6.07, 6.45) is 4.00. The first-order valence-electron chi connectivity index (χ1n) is 9.33. The molecule has 0 heterocycles. The molecule has 0 aliphatic rings. The third-order valence-electron chi connectivity index (χ3n) is 4.64. The maximum absolute atomic E-state index is 12.3. The number of fused-ring (bicyclic) bond motifs is 1. The van der Waals surface area contributed by atoms with E-state index in [1.807, 2.05) is 36.4 Å². The average Bonchev–Trinajstić information content (AvgIpc) is 2.70. The van der Waals surface area contributed by atoms with E-state index < -0.39 is 5.97 Å². The molecule has 0 saturated heterocycles. The molecule has 0 unspecified atom stereocenters. The van der Waals surface area contributed by atoms with Crippen LogP contribution in [0.2, 0.25) is 0 Å². The Labute approximate surface area is 159 Å². The van der Waals surface area contributed by atoms with Gasteiger partial charge in [-0.15, -0.1) is 0 Å². The summed E-state index contributed by atoms with van der Waals surface area (Å²) in [4.78, 5) is 12.3. The molecular weight excluding hydrogens is 340 g/mol. The molecule has 0 spiro atoms. The van der Waals surface area contributed by atoms with Crippen LogP contribution >= 0.6 is 0 Å². The van der Waals surface area contributed by atoms with Crippen molar-refractivity contribution in [2.24, 2.45) is 0 Å². The van der Waals surface area contributed by atoms with Gasteiger partial charge < -0.3 is 14.9 Å². The van der Waals surface area contributed by atoms with Crippen molar-refractivity contribution in [1.29, 1.82) is 0 Å². The highest BCUT2D eigenvalue weighted by atomic mass is 16.5. The van der Waals surface area contributed by atoms with E-state index in [1.165, 1.54) is 6.07 Å². The predicted molar refractivity (Wildman–Crippen MR) is 107 cm³/mol. The van der Waals surface area contributed by atoms with Crippen molar-refractivity contribution in [3.05, 3.63) is 60.2 Å². The molecule has 140 valence electrons. The number of carbonyl (C=O) groups excluding carboxylic acids is 1. The van der Waals surface area contributed by atoms with Gasteiger partial charge in [0.1, 0.15) is 17.1 Å². The van der Waals surface area contributed by atoms with Crippen LogP contribution < -0.4 is 0 Å². The summed E-state index contributed by atoms with van der Waals surface area (Å²) in [5.74, 6) is -0.840. The fourth-order valence-corrected chi connectivity index (χ4v) is 3.13. The molecule has 0 aliphatic carbocycles. The zero-order chi connectivity index (χ0) is 19.2. The van der Waals surface area contributed by atoms with Crippen LogP contribution in [0.4, 0.5) is 0 Å². The second kappa shape index (κ2) is 8.58. The highest BCUT2D eigenvalue weighted by Gasteiger charge is 2.18. The number of unbranched alkanes of at least 4 members (excludes halogenated alkanes) is 3. The van der Waals surface area contributed by atoms with Crippen LogP contribution in [-0.4, -0.2) is 22.8 Å². The Morgan fingerprint density at radius 2 is 1.67 bits per heavy atom. The molecule has 3 aromatic rings. The lowest BCUT2D eigenvalue weighted by atomic mass is 9.98. The number of rotatable bonds is 7. The molecule has 0 aliphatic heterocycles. The summed E-state index contributed by atoms with van der Waals surface area (Å²) in [5.41, 5.74) is 1.92. The second-order valence-electron chi connectivity index (χ2n) is 6.61. The molecule has 3 rings (SSSR count). The highest BCUT2D eigenvalue weighted by molar-refractivity contribution is 6.04. The number of ether oxygens (including phenoxy) is 1. The van der Waals surface area contributed by atoms with Crippen LogP contribution in [0.5, 0.6) is 11.5 Å². The van der Waals surface area contributed by atoms with Crippen molar-refractivity contribution in [1.82, 2.24) is 0 Å². The van der Waals surface area contributed by atoms with E-state index in [1.54, 1.807) is 12.1 Å². The van der Waals surface area contributed by atoms with Gasteiger partial charge in [-0.25, -0.2) is 4.79 Å². The first-order chi connectivity index (χ1) is 13.1. The van der Waals surface area contributed by atoms with Gasteiger partial charge in [-0.2, -0.15) is 0 Å². The SMILES string of the molecule is CCCCCCOC(=O)c1cc(O)c2cc(-c3ccccc3)ccc2c1O. The van der Waals surface area contributed by atoms with Gasteiger partial charge in [0.15, 0.2) is 0 Å². The molecule has 0 fully saturated rings. The maximum atomic E-state index is 12.3. The van der Waals surface area contributed by atoms with E-state index in [0.717, 1.165) is 36.8 Å². The maximum Gasteiger partial charge on any atom is 0.342 e. The summed E-state index contributed by atoms with van der Waals surface area (Å²) < 4.78 is 5.24. The van der Waals surface area contributed by atoms with Gasteiger partial charge in [-0.05, 0) is 35.7 Å². The van der Waals surface area contributed by atoms with Gasteiger partial charge in [0.05, 0.1) is 6.61 Å². The number of phenolic OH excluding ortho intramolecular Hbond substituents is 2. The Kier molecular flexibility index (Phi) is 5.97. The molecule has 0 aromatic heterocycles. The number of esters is 1. The summed E-state index contributed by atoms with van der Waals surface area (Å²) in [7, 11) is 0. The molecule has 0 saturated carbocycles. The van der Waals surface area contributed by atoms with Crippen LogP contribution in [0.1, 0.15) is 43.0 Å². The minimum absolute atomic E-state index is 0.0112. The van der Waals surface area contributed by atoms with Crippen LogP contribution in [-0.2, 0) is 4.74 Å². The van der Waals surface area contributed by atoms with Gasteiger partial charge in [0.25, 0.3) is 0 Å². The Bertz CT molecular complexity index is 932. The summed E-state index contributed by atoms with van der Waals surface area (Å²) in [6, 6.07) is 16.4. The van der Waals surface area contributed by atoms with Crippen molar-refractivity contribution in [2.75, 3.05) is 6.61 Å². The Hall–Kier alpha value is -3.01. The molecule has 0 radical (unpaired) electrons. The number of phenols is 2. The van der Waals surface area contributed by atoms with Gasteiger partial charge in [-0.3, -0.25) is 0 Å². The normalized spacial score (nSPS) is 10.9. The standard InChI is InChI=1S/C23H24O4/c1-2-3-4-8-13-27-23(26)20-15-21(24)19-14-17(11-12-18(19)22(20)25)16-9-6-5-7-10-16/h5-7,9-12,14-15,24-25H,2-4,8,13H2,1H3. The number of carbonyl (C=O) groups is 1. The smallest absolute Gasteiger partial charge is 0.342 e. The van der Waals surface area contributed by atoms with Gasteiger partial charge in [-0.1, -0.05) is 62.6 Å². The van der Waals surface area contributed by atoms with E-state index >= 15 is 0 Å². The number of aromatic hydroxyl groups is 2. The van der Waals surface area contributed by atoms with Crippen LogP contribution in [0.15, 0.2) is 54.6 Å². The van der Waals surface area contributed by atoms with E-state index in [-0.39, 0.29) is 17.1 Å². The lowest BCUT2D eigenvalue weighted by Gasteiger charge is -2.11.